The number of hydrogen-bond acceptors (Lipinski definition) is 7. The molecular formula is C29H32F2N2O6S2. The van der Waals surface area contributed by atoms with Crippen molar-refractivity contribution >= 4 is 38.6 Å². The van der Waals surface area contributed by atoms with Gasteiger partial charge in [0.1, 0.15) is 16.6 Å². The first-order valence-electron chi connectivity index (χ1n) is 13.1. The summed E-state index contributed by atoms with van der Waals surface area (Å²) in [6.45, 7) is 6.74. The van der Waals surface area contributed by atoms with Gasteiger partial charge in [0.15, 0.2) is 16.6 Å². The summed E-state index contributed by atoms with van der Waals surface area (Å²) < 4.78 is 69.6. The van der Waals surface area contributed by atoms with E-state index in [1.165, 1.54) is 12.5 Å². The van der Waals surface area contributed by atoms with E-state index >= 15 is 4.39 Å². The van der Waals surface area contributed by atoms with Gasteiger partial charge in [-0.05, 0) is 48.8 Å². The number of nitrogens with zero attached hydrogens (tertiary/aromatic N) is 1. The number of nitrogens with one attached hydrogen (secondary N) is 1. The molecule has 0 saturated heterocycles. The van der Waals surface area contributed by atoms with E-state index < -0.39 is 38.2 Å². The summed E-state index contributed by atoms with van der Waals surface area (Å²) in [5.41, 5.74) is 0.986. The van der Waals surface area contributed by atoms with Crippen LogP contribution in [-0.4, -0.2) is 38.2 Å². The monoisotopic (exact) mass is 606 g/mol. The zero-order valence-corrected chi connectivity index (χ0v) is 24.8. The van der Waals surface area contributed by atoms with Crippen molar-refractivity contribution in [2.45, 2.75) is 57.9 Å². The lowest BCUT2D eigenvalue weighted by atomic mass is 9.77. The summed E-state index contributed by atoms with van der Waals surface area (Å²) in [4.78, 5) is 15.4. The van der Waals surface area contributed by atoms with Crippen LogP contribution in [0, 0.1) is 17.0 Å². The molecule has 0 bridgehead atoms. The second kappa shape index (κ2) is 12.2. The Balaban J connectivity index is 1.68. The number of carboxylic acids is 1. The van der Waals surface area contributed by atoms with Gasteiger partial charge in [0.05, 0.1) is 30.5 Å². The Bertz CT molecular complexity index is 1600. The average Bonchev–Trinajstić information content (AvgIpc) is 3.41. The number of halogens is 2. The van der Waals surface area contributed by atoms with Crippen LogP contribution in [0.5, 0.6) is 11.5 Å². The van der Waals surface area contributed by atoms with Gasteiger partial charge >= 0.3 is 5.97 Å². The van der Waals surface area contributed by atoms with Crippen LogP contribution in [0.1, 0.15) is 68.8 Å². The molecule has 2 aromatic carbocycles. The van der Waals surface area contributed by atoms with Crippen molar-refractivity contribution in [1.29, 1.82) is 0 Å². The lowest BCUT2D eigenvalue weighted by Gasteiger charge is -2.29. The van der Waals surface area contributed by atoms with Crippen molar-refractivity contribution in [3.8, 4) is 22.1 Å². The number of unbranched alkanes of at least 4 members (excludes halogenated alkanes) is 1. The second-order valence-corrected chi connectivity index (χ2v) is 13.0. The van der Waals surface area contributed by atoms with Crippen molar-refractivity contribution in [1.82, 2.24) is 4.98 Å². The minimum Gasteiger partial charge on any atom is -0.495 e. The molecule has 0 atom stereocenters. The van der Waals surface area contributed by atoms with E-state index in [0.29, 0.717) is 18.2 Å². The molecule has 1 heterocycles. The van der Waals surface area contributed by atoms with Gasteiger partial charge in [-0.15, -0.1) is 11.3 Å². The molecule has 8 nitrogen and oxygen atoms in total. The number of carbonyl (C=O) groups is 1. The summed E-state index contributed by atoms with van der Waals surface area (Å²) in [5, 5.41) is 10.1. The van der Waals surface area contributed by atoms with E-state index in [4.69, 9.17) is 14.6 Å². The van der Waals surface area contributed by atoms with Gasteiger partial charge in [0, 0.05) is 17.0 Å². The largest absolute Gasteiger partial charge is 0.495 e. The first kappa shape index (κ1) is 30.4. The quantitative estimate of drug-likeness (QED) is 0.219. The molecule has 1 aliphatic rings. The smallest absolute Gasteiger partial charge is 0.338 e. The molecule has 41 heavy (non-hydrogen) atoms. The first-order chi connectivity index (χ1) is 19.4. The summed E-state index contributed by atoms with van der Waals surface area (Å²) in [6.07, 6.45) is 6.38. The van der Waals surface area contributed by atoms with Gasteiger partial charge in [0.2, 0.25) is 0 Å². The second-order valence-electron chi connectivity index (χ2n) is 10.5. The molecule has 1 aliphatic carbocycles. The molecule has 0 amide bonds. The predicted octanol–water partition coefficient (Wildman–Crippen LogP) is 7.37. The van der Waals surface area contributed by atoms with Crippen LogP contribution in [0.15, 0.2) is 40.7 Å². The molecule has 1 aromatic heterocycles. The molecule has 4 rings (SSSR count). The summed E-state index contributed by atoms with van der Waals surface area (Å²) in [5.74, 6) is -3.38. The lowest BCUT2D eigenvalue weighted by molar-refractivity contribution is 0.0691. The topological polar surface area (TPSA) is 115 Å². The summed E-state index contributed by atoms with van der Waals surface area (Å²) in [6, 6.07) is 4.95. The molecule has 0 unspecified atom stereocenters. The SMILES string of the molecule is CCCCOc1c(C2=CCC(C)(C)CC2)ccc(-c2nc(S(=O)(=O)Nc3cc(F)c(C(=O)O)cc3OC)cs2)c1F. The molecular weight excluding hydrogens is 574 g/mol. The van der Waals surface area contributed by atoms with Gasteiger partial charge in [-0.1, -0.05) is 39.3 Å². The number of aromatic carboxylic acids is 1. The van der Waals surface area contributed by atoms with Crippen molar-refractivity contribution in [3.63, 3.8) is 0 Å². The van der Waals surface area contributed by atoms with Crippen LogP contribution < -0.4 is 14.2 Å². The third-order valence-corrected chi connectivity index (χ3v) is 9.19. The number of hydrogen-bond donors (Lipinski definition) is 2. The Morgan fingerprint density at radius 1 is 1.22 bits per heavy atom. The highest BCUT2D eigenvalue weighted by Crippen LogP contribution is 2.43. The summed E-state index contributed by atoms with van der Waals surface area (Å²) >= 11 is 0.928. The van der Waals surface area contributed by atoms with E-state index in [1.54, 1.807) is 12.1 Å². The van der Waals surface area contributed by atoms with Crippen molar-refractivity contribution in [2.75, 3.05) is 18.4 Å². The Kier molecular flexibility index (Phi) is 9.03. The number of sulfonamides is 1. The minimum atomic E-state index is -4.37. The third kappa shape index (κ3) is 6.70. The molecule has 0 saturated carbocycles. The highest BCUT2D eigenvalue weighted by molar-refractivity contribution is 7.92. The molecule has 0 radical (unpaired) electrons. The van der Waals surface area contributed by atoms with Crippen LogP contribution in [0.25, 0.3) is 16.1 Å². The zero-order chi connectivity index (χ0) is 29.9. The van der Waals surface area contributed by atoms with Crippen LogP contribution in [0.3, 0.4) is 0 Å². The van der Waals surface area contributed by atoms with E-state index in [9.17, 15) is 17.6 Å². The molecule has 3 aromatic rings. The average molecular weight is 607 g/mol. The molecule has 220 valence electrons. The molecule has 0 aliphatic heterocycles. The van der Waals surface area contributed by atoms with Crippen LogP contribution in [0.2, 0.25) is 0 Å². The van der Waals surface area contributed by atoms with Crippen molar-refractivity contribution in [2.24, 2.45) is 5.41 Å². The van der Waals surface area contributed by atoms with Crippen LogP contribution in [0.4, 0.5) is 14.5 Å². The fourth-order valence-corrected chi connectivity index (χ4v) is 6.60. The third-order valence-electron chi connectivity index (χ3n) is 6.91. The molecule has 0 fully saturated rings. The molecule has 2 N–H and O–H groups in total. The Morgan fingerprint density at radius 3 is 2.59 bits per heavy atom. The Morgan fingerprint density at radius 2 is 1.95 bits per heavy atom. The number of aromatic nitrogens is 1. The fraction of sp³-hybridized carbons (Fsp3) is 0.379. The zero-order valence-electron chi connectivity index (χ0n) is 23.2. The van der Waals surface area contributed by atoms with E-state index in [1.807, 2.05) is 6.92 Å². The Hall–Kier alpha value is -3.51. The standard InChI is InChI=1S/C29H32F2N2O6S2/c1-5-6-13-39-26-18(17-9-11-29(2,3)12-10-17)7-8-19(25(26)31)27-32-24(16-40-27)41(36,37)33-22-15-21(30)20(28(34)35)14-23(22)38-4/h7-9,14-16,33H,5-6,10-13H2,1-4H3,(H,34,35). The van der Waals surface area contributed by atoms with Gasteiger partial charge < -0.3 is 14.6 Å². The highest BCUT2D eigenvalue weighted by Gasteiger charge is 2.28. The van der Waals surface area contributed by atoms with E-state index in [2.05, 4.69) is 29.6 Å². The van der Waals surface area contributed by atoms with Crippen molar-refractivity contribution < 1.29 is 36.6 Å². The van der Waals surface area contributed by atoms with Gasteiger partial charge in [-0.25, -0.2) is 18.6 Å². The Labute approximate surface area is 242 Å². The van der Waals surface area contributed by atoms with Gasteiger partial charge in [-0.3, -0.25) is 4.72 Å². The number of ether oxygens (including phenoxy) is 2. The maximum Gasteiger partial charge on any atom is 0.338 e. The number of benzene rings is 2. The maximum absolute atomic E-state index is 16.0. The van der Waals surface area contributed by atoms with Crippen molar-refractivity contribution in [3.05, 3.63) is 58.5 Å². The molecule has 0 spiro atoms. The van der Waals surface area contributed by atoms with Gasteiger partial charge in [0.25, 0.3) is 10.0 Å². The highest BCUT2D eigenvalue weighted by atomic mass is 32.2. The first-order valence-corrected chi connectivity index (χ1v) is 15.5. The molecule has 12 heteroatoms. The van der Waals surface area contributed by atoms with Crippen LogP contribution in [-0.2, 0) is 10.0 Å². The number of carboxylic acid groups (broad SMARTS) is 1. The number of thiazole rings is 1. The minimum absolute atomic E-state index is 0.0953. The normalized spacial score (nSPS) is 14.8. The number of rotatable bonds is 11. The van der Waals surface area contributed by atoms with Gasteiger partial charge in [-0.2, -0.15) is 8.42 Å². The predicted molar refractivity (Wildman–Crippen MR) is 154 cm³/mol. The number of allylic oxidation sites excluding steroid dienone is 2. The number of methoxy groups -OCH3 is 1. The fourth-order valence-electron chi connectivity index (χ4n) is 4.42. The van der Waals surface area contributed by atoms with E-state index in [0.717, 1.165) is 55.1 Å². The van der Waals surface area contributed by atoms with E-state index in [-0.39, 0.29) is 33.2 Å². The number of anilines is 1. The summed E-state index contributed by atoms with van der Waals surface area (Å²) in [7, 11) is -3.18. The lowest BCUT2D eigenvalue weighted by Crippen LogP contribution is -2.15. The van der Waals surface area contributed by atoms with Crippen LogP contribution >= 0.6 is 11.3 Å². The maximum atomic E-state index is 16.0.